The van der Waals surface area contributed by atoms with Gasteiger partial charge in [-0.05, 0) is 49.2 Å². The van der Waals surface area contributed by atoms with Gasteiger partial charge in [0.2, 0.25) is 0 Å². The lowest BCUT2D eigenvalue weighted by Gasteiger charge is -2.19. The molecule has 0 unspecified atom stereocenters. The molecule has 0 aromatic heterocycles. The van der Waals surface area contributed by atoms with E-state index in [-0.39, 0.29) is 33.7 Å². The molecule has 1 amide bonds. The van der Waals surface area contributed by atoms with Crippen LogP contribution in [-0.2, 0) is 10.0 Å². The smallest absolute Gasteiger partial charge is 0.262 e. The fourth-order valence-corrected chi connectivity index (χ4v) is 4.32. The Morgan fingerprint density at radius 3 is 2.65 bits per heavy atom. The summed E-state index contributed by atoms with van der Waals surface area (Å²) in [6.07, 6.45) is 0.717. The van der Waals surface area contributed by atoms with Crippen LogP contribution in [0.2, 0.25) is 0 Å². The number of halogens is 1. The number of hydrogen-bond donors (Lipinski definition) is 2. The van der Waals surface area contributed by atoms with E-state index in [9.17, 15) is 17.6 Å². The quantitative estimate of drug-likeness (QED) is 0.854. The summed E-state index contributed by atoms with van der Waals surface area (Å²) in [5.41, 5.74) is 6.57. The molecule has 0 radical (unpaired) electrons. The number of amides is 1. The normalized spacial score (nSPS) is 17.3. The van der Waals surface area contributed by atoms with E-state index < -0.39 is 15.8 Å². The molecule has 0 spiro atoms. The average Bonchev–Trinajstić information content (AvgIpc) is 3.00. The Bertz CT molecular complexity index is 946. The number of aryl methyl sites for hydroxylation is 1. The van der Waals surface area contributed by atoms with Crippen molar-refractivity contribution < 1.29 is 17.6 Å². The molecule has 3 N–H and O–H groups in total. The summed E-state index contributed by atoms with van der Waals surface area (Å²) >= 11 is 0. The van der Waals surface area contributed by atoms with E-state index in [1.165, 1.54) is 19.1 Å². The number of nitrogens with two attached hydrogens (primary N) is 1. The van der Waals surface area contributed by atoms with Crippen molar-refractivity contribution in [3.05, 3.63) is 59.4 Å². The van der Waals surface area contributed by atoms with Gasteiger partial charge in [0.15, 0.2) is 0 Å². The first kappa shape index (κ1) is 18.3. The summed E-state index contributed by atoms with van der Waals surface area (Å²) in [7, 11) is -3.96. The molecule has 1 saturated heterocycles. The van der Waals surface area contributed by atoms with E-state index in [0.717, 1.165) is 12.1 Å². The van der Waals surface area contributed by atoms with Gasteiger partial charge in [-0.25, -0.2) is 12.8 Å². The first-order valence-corrected chi connectivity index (χ1v) is 9.69. The van der Waals surface area contributed by atoms with Crippen LogP contribution in [0.5, 0.6) is 0 Å². The Morgan fingerprint density at radius 2 is 2.00 bits per heavy atom. The van der Waals surface area contributed by atoms with Gasteiger partial charge in [-0.2, -0.15) is 0 Å². The van der Waals surface area contributed by atoms with Crippen LogP contribution in [0.1, 0.15) is 22.3 Å². The third-order valence-electron chi connectivity index (χ3n) is 4.34. The number of nitrogens with zero attached hydrogens (tertiary/aromatic N) is 1. The molecule has 6 nitrogen and oxygen atoms in total. The van der Waals surface area contributed by atoms with Crippen LogP contribution in [0.25, 0.3) is 0 Å². The highest BCUT2D eigenvalue weighted by molar-refractivity contribution is 7.92. The van der Waals surface area contributed by atoms with Crippen LogP contribution in [0.3, 0.4) is 0 Å². The van der Waals surface area contributed by atoms with Gasteiger partial charge in [0, 0.05) is 19.1 Å². The number of sulfonamides is 1. The summed E-state index contributed by atoms with van der Waals surface area (Å²) in [6, 6.07) is 9.79. The number of benzene rings is 2. The SMILES string of the molecule is Cc1cc(F)ccc1S(=O)(=O)Nc1ccccc1C(=O)N1CC[C@@H](N)C1. The predicted octanol–water partition coefficient (Wildman–Crippen LogP) is 2.11. The average molecular weight is 377 g/mol. The number of hydrogen-bond acceptors (Lipinski definition) is 4. The monoisotopic (exact) mass is 377 g/mol. The fourth-order valence-electron chi connectivity index (χ4n) is 3.01. The lowest BCUT2D eigenvalue weighted by Crippen LogP contribution is -2.32. The Balaban J connectivity index is 1.92. The summed E-state index contributed by atoms with van der Waals surface area (Å²) in [5.74, 6) is -0.783. The molecule has 0 aliphatic carbocycles. The molecule has 3 rings (SSSR count). The van der Waals surface area contributed by atoms with Crippen LogP contribution < -0.4 is 10.5 Å². The molecule has 2 aromatic rings. The summed E-state index contributed by atoms with van der Waals surface area (Å²) in [5, 5.41) is 0. The minimum absolute atomic E-state index is 0.0376. The molecule has 2 aromatic carbocycles. The van der Waals surface area contributed by atoms with Gasteiger partial charge in [-0.15, -0.1) is 0 Å². The Labute approximate surface area is 151 Å². The van der Waals surface area contributed by atoms with E-state index in [4.69, 9.17) is 5.73 Å². The molecule has 1 heterocycles. The maximum absolute atomic E-state index is 13.3. The number of likely N-dealkylation sites (tertiary alicyclic amines) is 1. The zero-order valence-corrected chi connectivity index (χ0v) is 15.1. The van der Waals surface area contributed by atoms with Gasteiger partial charge in [-0.1, -0.05) is 12.1 Å². The number of rotatable bonds is 4. The molecule has 8 heteroatoms. The maximum Gasteiger partial charge on any atom is 0.262 e. The van der Waals surface area contributed by atoms with Crippen molar-refractivity contribution in [3.63, 3.8) is 0 Å². The number of nitrogens with one attached hydrogen (secondary N) is 1. The van der Waals surface area contributed by atoms with Crippen molar-refractivity contribution in [2.24, 2.45) is 5.73 Å². The zero-order valence-electron chi connectivity index (χ0n) is 14.3. The van der Waals surface area contributed by atoms with Crippen LogP contribution in [-0.4, -0.2) is 38.4 Å². The summed E-state index contributed by atoms with van der Waals surface area (Å²) < 4.78 is 41.1. The van der Waals surface area contributed by atoms with Gasteiger partial charge < -0.3 is 10.6 Å². The zero-order chi connectivity index (χ0) is 18.9. The summed E-state index contributed by atoms with van der Waals surface area (Å²) in [4.78, 5) is 14.3. The molecule has 0 saturated carbocycles. The maximum atomic E-state index is 13.3. The molecular weight excluding hydrogens is 357 g/mol. The minimum Gasteiger partial charge on any atom is -0.337 e. The lowest BCUT2D eigenvalue weighted by atomic mass is 10.1. The molecule has 1 atom stereocenters. The number of para-hydroxylation sites is 1. The Hall–Kier alpha value is -2.45. The largest absolute Gasteiger partial charge is 0.337 e. The number of carbonyl (C=O) groups excluding carboxylic acids is 1. The molecule has 1 aliphatic heterocycles. The van der Waals surface area contributed by atoms with Gasteiger partial charge in [0.25, 0.3) is 15.9 Å². The van der Waals surface area contributed by atoms with E-state index >= 15 is 0 Å². The van der Waals surface area contributed by atoms with Crippen molar-refractivity contribution in [3.8, 4) is 0 Å². The highest BCUT2D eigenvalue weighted by atomic mass is 32.2. The van der Waals surface area contributed by atoms with Gasteiger partial charge >= 0.3 is 0 Å². The third kappa shape index (κ3) is 3.71. The summed E-state index contributed by atoms with van der Waals surface area (Å²) in [6.45, 7) is 2.50. The van der Waals surface area contributed by atoms with Gasteiger partial charge in [0.05, 0.1) is 16.1 Å². The van der Waals surface area contributed by atoms with E-state index in [1.54, 1.807) is 23.1 Å². The van der Waals surface area contributed by atoms with Gasteiger partial charge in [0.1, 0.15) is 5.82 Å². The Morgan fingerprint density at radius 1 is 1.27 bits per heavy atom. The second-order valence-electron chi connectivity index (χ2n) is 6.36. The third-order valence-corrected chi connectivity index (χ3v) is 5.87. The standard InChI is InChI=1S/C18H20FN3O3S/c1-12-10-13(19)6-7-17(12)26(24,25)21-16-5-3-2-4-15(16)18(23)22-9-8-14(20)11-22/h2-7,10,14,21H,8-9,11,20H2,1H3/t14-/m1/s1. The molecular formula is C18H20FN3O3S. The van der Waals surface area contributed by atoms with Gasteiger partial charge in [-0.3, -0.25) is 9.52 Å². The number of anilines is 1. The van der Waals surface area contributed by atoms with E-state index in [2.05, 4.69) is 4.72 Å². The highest BCUT2D eigenvalue weighted by Crippen LogP contribution is 2.24. The molecule has 1 fully saturated rings. The second-order valence-corrected chi connectivity index (χ2v) is 8.01. The van der Waals surface area contributed by atoms with E-state index in [1.807, 2.05) is 0 Å². The molecule has 1 aliphatic rings. The number of carbonyl (C=O) groups is 1. The van der Waals surface area contributed by atoms with Crippen molar-refractivity contribution in [2.45, 2.75) is 24.3 Å². The second kappa shape index (κ2) is 7.05. The van der Waals surface area contributed by atoms with Crippen molar-refractivity contribution >= 4 is 21.6 Å². The van der Waals surface area contributed by atoms with Crippen molar-refractivity contribution in [1.29, 1.82) is 0 Å². The minimum atomic E-state index is -3.96. The molecule has 26 heavy (non-hydrogen) atoms. The molecule has 138 valence electrons. The fraction of sp³-hybridized carbons (Fsp3) is 0.278. The first-order valence-electron chi connectivity index (χ1n) is 8.21. The van der Waals surface area contributed by atoms with Crippen molar-refractivity contribution in [2.75, 3.05) is 17.8 Å². The van der Waals surface area contributed by atoms with E-state index in [0.29, 0.717) is 19.5 Å². The Kier molecular flexibility index (Phi) is 4.97. The highest BCUT2D eigenvalue weighted by Gasteiger charge is 2.27. The van der Waals surface area contributed by atoms with Crippen LogP contribution in [0.15, 0.2) is 47.4 Å². The molecule has 0 bridgehead atoms. The first-order chi connectivity index (χ1) is 12.3. The van der Waals surface area contributed by atoms with Crippen LogP contribution in [0.4, 0.5) is 10.1 Å². The van der Waals surface area contributed by atoms with Crippen molar-refractivity contribution in [1.82, 2.24) is 4.90 Å². The topological polar surface area (TPSA) is 92.5 Å². The van der Waals surface area contributed by atoms with Crippen LogP contribution in [0, 0.1) is 12.7 Å². The van der Waals surface area contributed by atoms with Crippen LogP contribution >= 0.6 is 0 Å². The lowest BCUT2D eigenvalue weighted by molar-refractivity contribution is 0.0792. The predicted molar refractivity (Wildman–Crippen MR) is 96.9 cm³/mol.